The quantitative estimate of drug-likeness (QED) is 0.182. The fourth-order valence-electron chi connectivity index (χ4n) is 7.82. The van der Waals surface area contributed by atoms with Gasteiger partial charge in [0.15, 0.2) is 5.69 Å². The third kappa shape index (κ3) is 4.30. The van der Waals surface area contributed by atoms with E-state index in [9.17, 15) is 0 Å². The molecule has 0 spiro atoms. The molecule has 7 aromatic carbocycles. The van der Waals surface area contributed by atoms with Gasteiger partial charge in [-0.3, -0.25) is 0 Å². The zero-order chi connectivity index (χ0) is 32.5. The van der Waals surface area contributed by atoms with Gasteiger partial charge in [0.2, 0.25) is 0 Å². The number of aromatic nitrogens is 1. The van der Waals surface area contributed by atoms with Crippen molar-refractivity contribution in [2.45, 2.75) is 13.1 Å². The summed E-state index contributed by atoms with van der Waals surface area (Å²) >= 11 is 0. The van der Waals surface area contributed by atoms with E-state index < -0.39 is 0 Å². The van der Waals surface area contributed by atoms with Gasteiger partial charge in [0.25, 0.3) is 0 Å². The summed E-state index contributed by atoms with van der Waals surface area (Å²) < 4.78 is 8.81. The van der Waals surface area contributed by atoms with Crippen molar-refractivity contribution >= 4 is 55.1 Å². The van der Waals surface area contributed by atoms with Gasteiger partial charge in [-0.1, -0.05) is 97.1 Å². The Morgan fingerprint density at radius 3 is 2.18 bits per heavy atom. The lowest BCUT2D eigenvalue weighted by Gasteiger charge is -2.24. The van der Waals surface area contributed by atoms with Crippen LogP contribution in [0.3, 0.4) is 0 Å². The third-order valence-corrected chi connectivity index (χ3v) is 10.1. The van der Waals surface area contributed by atoms with Gasteiger partial charge in [-0.2, -0.15) is 0 Å². The smallest absolute Gasteiger partial charge is 0.188 e. The van der Waals surface area contributed by atoms with Crippen LogP contribution in [-0.4, -0.2) is 4.57 Å². The fraction of sp³-hybridized carbons (Fsp3) is 0.0444. The molecular weight excluding hydrogens is 599 g/mol. The molecule has 4 heteroatoms. The molecule has 10 rings (SSSR count). The molecule has 0 amide bonds. The molecule has 1 aliphatic rings. The van der Waals surface area contributed by atoms with Gasteiger partial charge in [0, 0.05) is 46.2 Å². The number of rotatable bonds is 3. The van der Waals surface area contributed by atoms with Crippen molar-refractivity contribution in [2.24, 2.45) is 0 Å². The molecule has 0 radical (unpaired) electrons. The summed E-state index contributed by atoms with van der Waals surface area (Å²) in [7, 11) is 0. The monoisotopic (exact) mass is 627 g/mol. The van der Waals surface area contributed by atoms with Crippen molar-refractivity contribution in [1.82, 2.24) is 4.57 Å². The molecule has 230 valence electrons. The van der Waals surface area contributed by atoms with Crippen molar-refractivity contribution in [3.8, 4) is 27.9 Å². The SMILES string of the molecule is [C-]#[N+]c1ccc2c(c1)c1ccccc1n2-c1ccc2c(c1)-c1ccc(-c3cccc4c3oc3ccccc34)cc1CN(c1ccccc1)C2. The molecule has 2 aromatic heterocycles. The number of para-hydroxylation sites is 4. The van der Waals surface area contributed by atoms with Crippen LogP contribution in [0, 0.1) is 6.57 Å². The molecule has 3 heterocycles. The maximum Gasteiger partial charge on any atom is 0.188 e. The topological polar surface area (TPSA) is 25.7 Å². The third-order valence-electron chi connectivity index (χ3n) is 10.1. The van der Waals surface area contributed by atoms with Crippen LogP contribution in [0.15, 0.2) is 156 Å². The molecule has 1 aliphatic heterocycles. The molecule has 0 aliphatic carbocycles. The molecule has 4 nitrogen and oxygen atoms in total. The highest BCUT2D eigenvalue weighted by Crippen LogP contribution is 2.42. The Morgan fingerprint density at radius 1 is 0.510 bits per heavy atom. The van der Waals surface area contributed by atoms with E-state index in [0.717, 1.165) is 73.6 Å². The Balaban J connectivity index is 1.18. The molecule has 9 aromatic rings. The van der Waals surface area contributed by atoms with Gasteiger partial charge in [-0.25, -0.2) is 4.85 Å². The van der Waals surface area contributed by atoms with Gasteiger partial charge in [0.1, 0.15) is 11.2 Å². The Hall–Kier alpha value is -6.57. The first-order valence-corrected chi connectivity index (χ1v) is 16.6. The molecule has 49 heavy (non-hydrogen) atoms. The highest BCUT2D eigenvalue weighted by atomic mass is 16.3. The molecule has 0 fully saturated rings. The van der Waals surface area contributed by atoms with Crippen molar-refractivity contribution in [3.63, 3.8) is 0 Å². The Kier molecular flexibility index (Phi) is 6.03. The largest absolute Gasteiger partial charge is 0.455 e. The summed E-state index contributed by atoms with van der Waals surface area (Å²) in [5, 5.41) is 4.52. The van der Waals surface area contributed by atoms with E-state index in [1.807, 2.05) is 24.3 Å². The van der Waals surface area contributed by atoms with E-state index >= 15 is 0 Å². The normalized spacial score (nSPS) is 12.7. The van der Waals surface area contributed by atoms with E-state index in [-0.39, 0.29) is 0 Å². The van der Waals surface area contributed by atoms with E-state index in [1.54, 1.807) is 0 Å². The summed E-state index contributed by atoms with van der Waals surface area (Å²) in [4.78, 5) is 6.20. The van der Waals surface area contributed by atoms with Crippen LogP contribution in [-0.2, 0) is 13.1 Å². The molecular formula is C45H29N3O. The lowest BCUT2D eigenvalue weighted by molar-refractivity contribution is 0.670. The number of hydrogen-bond donors (Lipinski definition) is 0. The fourth-order valence-corrected chi connectivity index (χ4v) is 7.82. The molecule has 0 saturated carbocycles. The highest BCUT2D eigenvalue weighted by Gasteiger charge is 2.23. The second-order valence-electron chi connectivity index (χ2n) is 12.9. The lowest BCUT2D eigenvalue weighted by atomic mass is 9.92. The first-order valence-electron chi connectivity index (χ1n) is 16.6. The predicted octanol–water partition coefficient (Wildman–Crippen LogP) is 12.1. The maximum absolute atomic E-state index is 7.61. The number of hydrogen-bond acceptors (Lipinski definition) is 2. The second-order valence-corrected chi connectivity index (χ2v) is 12.9. The van der Waals surface area contributed by atoms with E-state index in [2.05, 4.69) is 142 Å². The lowest BCUT2D eigenvalue weighted by Crippen LogP contribution is -2.20. The van der Waals surface area contributed by atoms with Gasteiger partial charge < -0.3 is 13.9 Å². The Labute approximate surface area is 283 Å². The van der Waals surface area contributed by atoms with Crippen LogP contribution in [0.2, 0.25) is 0 Å². The minimum Gasteiger partial charge on any atom is -0.455 e. The van der Waals surface area contributed by atoms with Crippen LogP contribution in [0.1, 0.15) is 11.1 Å². The average Bonchev–Trinajstić information content (AvgIpc) is 3.65. The molecule has 0 saturated heterocycles. The molecule has 0 atom stereocenters. The van der Waals surface area contributed by atoms with Gasteiger partial charge in [-0.15, -0.1) is 0 Å². The molecule has 0 unspecified atom stereocenters. The predicted molar refractivity (Wildman–Crippen MR) is 202 cm³/mol. The van der Waals surface area contributed by atoms with E-state index in [4.69, 9.17) is 11.0 Å². The number of furan rings is 1. The van der Waals surface area contributed by atoms with Crippen molar-refractivity contribution in [3.05, 3.63) is 174 Å². The standard InChI is InChI=1S/C45H29N3O/c1-46-32-20-23-43-41(25-32)37-12-5-7-16-42(37)48(43)34-21-18-30-27-47(33-10-3-2-4-11-33)28-31-24-29(19-22-35(31)40(30)26-34)36-14-9-15-39-38-13-6-8-17-44(38)49-45(36)39/h2-26H,27-28H2. The molecule has 0 bridgehead atoms. The van der Waals surface area contributed by atoms with Crippen LogP contribution in [0.25, 0.3) is 76.5 Å². The minimum atomic E-state index is 0.654. The molecule has 0 N–H and O–H groups in total. The zero-order valence-corrected chi connectivity index (χ0v) is 26.6. The second kappa shape index (κ2) is 10.7. The summed E-state index contributed by atoms with van der Waals surface area (Å²) in [6.45, 7) is 9.19. The minimum absolute atomic E-state index is 0.654. The van der Waals surface area contributed by atoms with Crippen molar-refractivity contribution in [2.75, 3.05) is 4.90 Å². The Morgan fingerprint density at radius 2 is 1.29 bits per heavy atom. The first kappa shape index (κ1) is 27.5. The van der Waals surface area contributed by atoms with Crippen LogP contribution in [0.5, 0.6) is 0 Å². The van der Waals surface area contributed by atoms with Crippen molar-refractivity contribution < 1.29 is 4.42 Å². The average molecular weight is 628 g/mol. The summed E-state index contributed by atoms with van der Waals surface area (Å²) in [5.74, 6) is 0. The number of benzene rings is 7. The van der Waals surface area contributed by atoms with Crippen LogP contribution >= 0.6 is 0 Å². The maximum atomic E-state index is 7.61. The van der Waals surface area contributed by atoms with Crippen LogP contribution in [0.4, 0.5) is 11.4 Å². The first-order chi connectivity index (χ1) is 24.2. The number of anilines is 1. The summed E-state index contributed by atoms with van der Waals surface area (Å²) in [6.07, 6.45) is 0. The highest BCUT2D eigenvalue weighted by molar-refractivity contribution is 6.11. The zero-order valence-electron chi connectivity index (χ0n) is 26.6. The summed E-state index contributed by atoms with van der Waals surface area (Å²) in [6, 6.07) is 53.8. The van der Waals surface area contributed by atoms with Crippen molar-refractivity contribution in [1.29, 1.82) is 0 Å². The Bertz CT molecular complexity index is 2800. The number of nitrogens with zero attached hydrogens (tertiary/aromatic N) is 3. The van der Waals surface area contributed by atoms with Gasteiger partial charge in [-0.05, 0) is 87.8 Å². The number of fused-ring (bicyclic) bond motifs is 9. The summed E-state index contributed by atoms with van der Waals surface area (Å²) in [5.41, 5.74) is 14.3. The van der Waals surface area contributed by atoms with E-state index in [1.165, 1.54) is 27.9 Å². The van der Waals surface area contributed by atoms with Gasteiger partial charge >= 0.3 is 0 Å². The van der Waals surface area contributed by atoms with Gasteiger partial charge in [0.05, 0.1) is 17.6 Å². The van der Waals surface area contributed by atoms with Crippen LogP contribution < -0.4 is 4.90 Å². The van der Waals surface area contributed by atoms with E-state index in [0.29, 0.717) is 5.69 Å².